The lowest BCUT2D eigenvalue weighted by molar-refractivity contribution is -0.118. The Balaban J connectivity index is 1.62. The van der Waals surface area contributed by atoms with Crippen molar-refractivity contribution in [2.75, 3.05) is 11.9 Å². The fourth-order valence-corrected chi connectivity index (χ4v) is 2.19. The lowest BCUT2D eigenvalue weighted by Gasteiger charge is -2.08. The molecule has 0 aliphatic heterocycles. The Hall–Kier alpha value is -3.61. The number of ether oxygens (including phenoxy) is 1. The van der Waals surface area contributed by atoms with Crippen LogP contribution in [0.2, 0.25) is 0 Å². The SMILES string of the molecule is NC(=O)c1ccc(NC(=O)COc2ccc3ccc(=O)oc3c2)cc1. The van der Waals surface area contributed by atoms with Crippen LogP contribution in [0.15, 0.2) is 63.8 Å². The lowest BCUT2D eigenvalue weighted by atomic mass is 10.2. The van der Waals surface area contributed by atoms with Gasteiger partial charge >= 0.3 is 5.63 Å². The summed E-state index contributed by atoms with van der Waals surface area (Å²) in [7, 11) is 0. The van der Waals surface area contributed by atoms with Gasteiger partial charge < -0.3 is 20.2 Å². The van der Waals surface area contributed by atoms with Crippen LogP contribution in [0, 0.1) is 0 Å². The molecule has 0 radical (unpaired) electrons. The van der Waals surface area contributed by atoms with Crippen LogP contribution in [0.5, 0.6) is 5.75 Å². The number of benzene rings is 2. The number of nitrogens with one attached hydrogen (secondary N) is 1. The zero-order valence-electron chi connectivity index (χ0n) is 13.0. The van der Waals surface area contributed by atoms with Crippen LogP contribution in [0.25, 0.3) is 11.0 Å². The number of fused-ring (bicyclic) bond motifs is 1. The van der Waals surface area contributed by atoms with Crippen LogP contribution in [0.3, 0.4) is 0 Å². The summed E-state index contributed by atoms with van der Waals surface area (Å²) in [6.07, 6.45) is 0. The van der Waals surface area contributed by atoms with E-state index in [0.717, 1.165) is 5.39 Å². The van der Waals surface area contributed by atoms with Gasteiger partial charge in [-0.2, -0.15) is 0 Å². The van der Waals surface area contributed by atoms with E-state index in [0.29, 0.717) is 22.6 Å². The smallest absolute Gasteiger partial charge is 0.336 e. The molecule has 3 aromatic rings. The van der Waals surface area contributed by atoms with Crippen molar-refractivity contribution in [3.05, 3.63) is 70.6 Å². The summed E-state index contributed by atoms with van der Waals surface area (Å²) in [6, 6.07) is 14.1. The Bertz CT molecular complexity index is 992. The van der Waals surface area contributed by atoms with Gasteiger partial charge in [-0.1, -0.05) is 0 Å². The molecule has 3 rings (SSSR count). The maximum atomic E-state index is 11.9. The molecular weight excluding hydrogens is 324 g/mol. The van der Waals surface area contributed by atoms with Gasteiger partial charge in [-0.25, -0.2) is 4.79 Å². The van der Waals surface area contributed by atoms with E-state index >= 15 is 0 Å². The van der Waals surface area contributed by atoms with Crippen molar-refractivity contribution in [2.24, 2.45) is 5.73 Å². The molecule has 0 saturated carbocycles. The highest BCUT2D eigenvalue weighted by Gasteiger charge is 2.06. The van der Waals surface area contributed by atoms with Crippen molar-refractivity contribution < 1.29 is 18.7 Å². The minimum absolute atomic E-state index is 0.222. The van der Waals surface area contributed by atoms with Crippen LogP contribution in [0.1, 0.15) is 10.4 Å². The van der Waals surface area contributed by atoms with Gasteiger partial charge in [-0.3, -0.25) is 9.59 Å². The van der Waals surface area contributed by atoms with Crippen LogP contribution in [-0.4, -0.2) is 18.4 Å². The Labute approximate surface area is 142 Å². The molecular formula is C18H14N2O5. The Morgan fingerprint density at radius 3 is 2.48 bits per heavy atom. The third kappa shape index (κ3) is 4.03. The van der Waals surface area contributed by atoms with E-state index in [1.807, 2.05) is 0 Å². The zero-order valence-corrected chi connectivity index (χ0v) is 13.0. The molecule has 3 N–H and O–H groups in total. The quantitative estimate of drug-likeness (QED) is 0.690. The van der Waals surface area contributed by atoms with Crippen molar-refractivity contribution >= 4 is 28.5 Å². The van der Waals surface area contributed by atoms with Gasteiger partial charge in [0.05, 0.1) is 0 Å². The summed E-state index contributed by atoms with van der Waals surface area (Å²) in [5.74, 6) is -0.508. The summed E-state index contributed by atoms with van der Waals surface area (Å²) in [6.45, 7) is -0.222. The van der Waals surface area contributed by atoms with Crippen LogP contribution in [0.4, 0.5) is 5.69 Å². The lowest BCUT2D eigenvalue weighted by Crippen LogP contribution is -2.20. The molecule has 0 bridgehead atoms. The van der Waals surface area contributed by atoms with Crippen molar-refractivity contribution in [3.8, 4) is 5.75 Å². The third-order valence-corrected chi connectivity index (χ3v) is 3.42. The Kier molecular flexibility index (Phi) is 4.47. The molecule has 126 valence electrons. The van der Waals surface area contributed by atoms with Gasteiger partial charge in [0.15, 0.2) is 6.61 Å². The molecule has 0 aliphatic carbocycles. The molecule has 2 amide bonds. The number of rotatable bonds is 5. The van der Waals surface area contributed by atoms with Crippen molar-refractivity contribution in [3.63, 3.8) is 0 Å². The number of nitrogens with two attached hydrogens (primary N) is 1. The molecule has 7 nitrogen and oxygen atoms in total. The normalized spacial score (nSPS) is 10.4. The molecule has 0 fully saturated rings. The molecule has 1 heterocycles. The molecule has 7 heteroatoms. The summed E-state index contributed by atoms with van der Waals surface area (Å²) in [5, 5.41) is 3.39. The van der Waals surface area contributed by atoms with E-state index < -0.39 is 11.5 Å². The monoisotopic (exact) mass is 338 g/mol. The summed E-state index contributed by atoms with van der Waals surface area (Å²) < 4.78 is 10.5. The van der Waals surface area contributed by atoms with Gasteiger partial charge in [-0.05, 0) is 42.5 Å². The Morgan fingerprint density at radius 1 is 1.04 bits per heavy atom. The highest BCUT2D eigenvalue weighted by Crippen LogP contribution is 2.19. The molecule has 0 unspecified atom stereocenters. The predicted octanol–water partition coefficient (Wildman–Crippen LogP) is 1.91. The predicted molar refractivity (Wildman–Crippen MR) is 91.6 cm³/mol. The van der Waals surface area contributed by atoms with Crippen LogP contribution < -0.4 is 21.4 Å². The number of carbonyl (C=O) groups excluding carboxylic acids is 2. The minimum Gasteiger partial charge on any atom is -0.484 e. The summed E-state index contributed by atoms with van der Waals surface area (Å²) >= 11 is 0. The maximum Gasteiger partial charge on any atom is 0.336 e. The highest BCUT2D eigenvalue weighted by molar-refractivity contribution is 5.95. The molecule has 25 heavy (non-hydrogen) atoms. The summed E-state index contributed by atoms with van der Waals surface area (Å²) in [5.41, 5.74) is 5.95. The first kappa shape index (κ1) is 16.3. The topological polar surface area (TPSA) is 112 Å². The van der Waals surface area contributed by atoms with E-state index in [1.165, 1.54) is 18.2 Å². The van der Waals surface area contributed by atoms with Crippen LogP contribution >= 0.6 is 0 Å². The zero-order chi connectivity index (χ0) is 17.8. The fraction of sp³-hybridized carbons (Fsp3) is 0.0556. The van der Waals surface area contributed by atoms with Gasteiger partial charge in [0, 0.05) is 28.8 Å². The second-order valence-electron chi connectivity index (χ2n) is 5.23. The first-order valence-corrected chi connectivity index (χ1v) is 7.38. The first-order valence-electron chi connectivity index (χ1n) is 7.38. The molecule has 0 atom stereocenters. The second kappa shape index (κ2) is 6.88. The fourth-order valence-electron chi connectivity index (χ4n) is 2.19. The molecule has 2 aromatic carbocycles. The summed E-state index contributed by atoms with van der Waals surface area (Å²) in [4.78, 5) is 34.1. The van der Waals surface area contributed by atoms with Gasteiger partial charge in [0.1, 0.15) is 11.3 Å². The third-order valence-electron chi connectivity index (χ3n) is 3.42. The molecule has 1 aromatic heterocycles. The molecule has 0 spiro atoms. The van der Waals surface area contributed by atoms with Gasteiger partial charge in [-0.15, -0.1) is 0 Å². The standard InChI is InChI=1S/C18H14N2O5/c19-18(23)12-1-5-13(6-2-12)20-16(21)10-24-14-7-3-11-4-8-17(22)25-15(11)9-14/h1-9H,10H2,(H2,19,23)(H,20,21). The van der Waals surface area contributed by atoms with E-state index in [9.17, 15) is 14.4 Å². The van der Waals surface area contributed by atoms with Crippen molar-refractivity contribution in [1.29, 1.82) is 0 Å². The molecule has 0 saturated heterocycles. The number of carbonyl (C=O) groups is 2. The molecule has 0 aliphatic rings. The second-order valence-corrected chi connectivity index (χ2v) is 5.23. The highest BCUT2D eigenvalue weighted by atomic mass is 16.5. The number of anilines is 1. The van der Waals surface area contributed by atoms with Crippen LogP contribution in [-0.2, 0) is 4.79 Å². The largest absolute Gasteiger partial charge is 0.484 e. The Morgan fingerprint density at radius 2 is 1.76 bits per heavy atom. The van der Waals surface area contributed by atoms with E-state index in [4.69, 9.17) is 14.9 Å². The number of hydrogen-bond donors (Lipinski definition) is 2. The van der Waals surface area contributed by atoms with E-state index in [-0.39, 0.29) is 12.5 Å². The van der Waals surface area contributed by atoms with Crippen molar-refractivity contribution in [1.82, 2.24) is 0 Å². The number of primary amides is 1. The average Bonchev–Trinajstić information content (AvgIpc) is 2.60. The van der Waals surface area contributed by atoms with E-state index in [2.05, 4.69) is 5.32 Å². The average molecular weight is 338 g/mol. The number of amides is 2. The minimum atomic E-state index is -0.538. The van der Waals surface area contributed by atoms with Gasteiger partial charge in [0.25, 0.3) is 5.91 Å². The number of hydrogen-bond acceptors (Lipinski definition) is 5. The van der Waals surface area contributed by atoms with E-state index in [1.54, 1.807) is 36.4 Å². The first-order chi connectivity index (χ1) is 12.0. The van der Waals surface area contributed by atoms with Gasteiger partial charge in [0.2, 0.25) is 5.91 Å². The van der Waals surface area contributed by atoms with Crippen molar-refractivity contribution in [2.45, 2.75) is 0 Å². The maximum absolute atomic E-state index is 11.9.